The van der Waals surface area contributed by atoms with Crippen molar-refractivity contribution in [1.82, 2.24) is 30.6 Å². The van der Waals surface area contributed by atoms with Gasteiger partial charge in [0, 0.05) is 36.7 Å². The zero-order valence-corrected chi connectivity index (χ0v) is 27.0. The molecule has 2 aliphatic heterocycles. The number of thiazole rings is 1. The van der Waals surface area contributed by atoms with E-state index in [-0.39, 0.29) is 17.7 Å². The Labute approximate surface area is 270 Å². The molecule has 1 amide bonds. The Morgan fingerprint density at radius 2 is 2.04 bits per heavy atom. The predicted molar refractivity (Wildman–Crippen MR) is 171 cm³/mol. The van der Waals surface area contributed by atoms with Gasteiger partial charge in [-0.05, 0) is 88.0 Å². The van der Waals surface area contributed by atoms with Crippen LogP contribution in [0, 0.1) is 18.7 Å². The zero-order valence-electron chi connectivity index (χ0n) is 25.4. The van der Waals surface area contributed by atoms with Gasteiger partial charge < -0.3 is 25.4 Å². The lowest BCUT2D eigenvalue weighted by molar-refractivity contribution is -0.141. The Bertz CT molecular complexity index is 1640. The van der Waals surface area contributed by atoms with E-state index >= 15 is 4.39 Å². The van der Waals surface area contributed by atoms with Gasteiger partial charge in [0.2, 0.25) is 0 Å². The molecule has 13 heteroatoms. The van der Waals surface area contributed by atoms with Crippen LogP contribution in [0.4, 0.5) is 15.3 Å². The molecule has 6 heterocycles. The highest BCUT2D eigenvalue weighted by Gasteiger charge is 2.45. The first kappa shape index (κ1) is 31.5. The number of carbonyl (C=O) groups excluding carboxylic acids is 1. The Kier molecular flexibility index (Phi) is 9.43. The number of amides is 1. The van der Waals surface area contributed by atoms with Crippen molar-refractivity contribution in [2.45, 2.75) is 60.0 Å². The summed E-state index contributed by atoms with van der Waals surface area (Å²) >= 11 is 2.57. The molecular weight excluding hydrogens is 614 g/mol. The van der Waals surface area contributed by atoms with E-state index in [9.17, 15) is 4.79 Å². The van der Waals surface area contributed by atoms with E-state index in [0.29, 0.717) is 29.0 Å². The third-order valence-corrected chi connectivity index (χ3v) is 10.3. The van der Waals surface area contributed by atoms with Gasteiger partial charge in [0.25, 0.3) is 5.91 Å². The summed E-state index contributed by atoms with van der Waals surface area (Å²) in [5, 5.41) is 10.4. The largest absolute Gasteiger partial charge is 0.350 e. The molecule has 2 aliphatic rings. The molecule has 3 N–H and O–H groups in total. The lowest BCUT2D eigenvalue weighted by Gasteiger charge is -2.45. The molecule has 4 aromatic rings. The van der Waals surface area contributed by atoms with Crippen LogP contribution in [0.3, 0.4) is 0 Å². The van der Waals surface area contributed by atoms with Gasteiger partial charge >= 0.3 is 0 Å². The lowest BCUT2D eigenvalue weighted by Crippen LogP contribution is -2.55. The molecule has 10 nitrogen and oxygen atoms in total. The van der Waals surface area contributed by atoms with E-state index in [1.165, 1.54) is 29.3 Å². The number of hydrogen-bond acceptors (Lipinski definition) is 11. The molecular formula is C32H36FN7O3S2. The van der Waals surface area contributed by atoms with Crippen LogP contribution in [-0.2, 0) is 14.9 Å². The number of piperidine rings is 1. The van der Waals surface area contributed by atoms with Crippen LogP contribution in [0.25, 0.3) is 0 Å². The summed E-state index contributed by atoms with van der Waals surface area (Å²) < 4.78 is 28.5. The van der Waals surface area contributed by atoms with Crippen molar-refractivity contribution >= 4 is 40.0 Å². The van der Waals surface area contributed by atoms with Crippen LogP contribution >= 0.6 is 23.1 Å². The van der Waals surface area contributed by atoms with E-state index in [0.717, 1.165) is 41.3 Å². The fourth-order valence-corrected chi connectivity index (χ4v) is 7.90. The van der Waals surface area contributed by atoms with Crippen LogP contribution in [-0.4, -0.2) is 64.0 Å². The molecule has 4 aromatic heterocycles. The van der Waals surface area contributed by atoms with Gasteiger partial charge in [-0.1, -0.05) is 29.2 Å². The maximum absolute atomic E-state index is 15.8. The van der Waals surface area contributed by atoms with Gasteiger partial charge in [-0.2, -0.15) is 0 Å². The third kappa shape index (κ3) is 7.33. The predicted octanol–water partition coefficient (Wildman–Crippen LogP) is 5.49. The van der Waals surface area contributed by atoms with Crippen LogP contribution in [0.5, 0.6) is 0 Å². The van der Waals surface area contributed by atoms with Gasteiger partial charge in [0.05, 0.1) is 28.0 Å². The normalized spacial score (nSPS) is 22.7. The molecule has 45 heavy (non-hydrogen) atoms. The summed E-state index contributed by atoms with van der Waals surface area (Å²) in [6.07, 6.45) is 9.90. The van der Waals surface area contributed by atoms with Crippen molar-refractivity contribution in [2.75, 3.05) is 31.6 Å². The summed E-state index contributed by atoms with van der Waals surface area (Å²) in [6.45, 7) is 8.16. The van der Waals surface area contributed by atoms with E-state index < -0.39 is 22.9 Å². The Hall–Kier alpha value is -3.49. The van der Waals surface area contributed by atoms with Crippen molar-refractivity contribution in [3.05, 3.63) is 84.0 Å². The average Bonchev–Trinajstić information content (AvgIpc) is 3.62. The van der Waals surface area contributed by atoms with Crippen molar-refractivity contribution in [3.63, 3.8) is 0 Å². The van der Waals surface area contributed by atoms with Crippen LogP contribution in [0.15, 0.2) is 70.4 Å². The second-order valence-electron chi connectivity index (χ2n) is 11.8. The first-order chi connectivity index (χ1) is 21.7. The number of carbonyl (C=O) groups is 1. The Morgan fingerprint density at radius 1 is 1.18 bits per heavy atom. The Morgan fingerprint density at radius 3 is 2.82 bits per heavy atom. The maximum atomic E-state index is 15.8. The van der Waals surface area contributed by atoms with E-state index in [4.69, 9.17) is 9.47 Å². The highest BCUT2D eigenvalue weighted by molar-refractivity contribution is 8.01. The number of aryl methyl sites for hydroxylation is 1. The smallest absolute Gasteiger partial charge is 0.273 e. The minimum atomic E-state index is -0.667. The van der Waals surface area contributed by atoms with E-state index in [1.807, 2.05) is 45.2 Å². The van der Waals surface area contributed by atoms with Gasteiger partial charge in [0.15, 0.2) is 22.4 Å². The van der Waals surface area contributed by atoms with E-state index in [2.05, 4.69) is 42.0 Å². The minimum Gasteiger partial charge on any atom is -0.350 e. The average molecular weight is 650 g/mol. The number of anilines is 2. The second-order valence-corrected chi connectivity index (χ2v) is 14.2. The van der Waals surface area contributed by atoms with Crippen LogP contribution in [0.1, 0.15) is 48.3 Å². The number of aromatic nitrogens is 4. The fourth-order valence-electron chi connectivity index (χ4n) is 6.04. The number of pyridine rings is 3. The summed E-state index contributed by atoms with van der Waals surface area (Å²) in [5.74, 6) is -1.06. The number of rotatable bonds is 10. The molecule has 6 rings (SSSR count). The quantitative estimate of drug-likeness (QED) is 0.203. The lowest BCUT2D eigenvalue weighted by atomic mass is 9.64. The summed E-state index contributed by atoms with van der Waals surface area (Å²) in [6, 6.07) is 9.37. The molecule has 3 atom stereocenters. The number of ether oxygens (including phenoxy) is 2. The summed E-state index contributed by atoms with van der Waals surface area (Å²) in [5.41, 5.74) is 1.43. The van der Waals surface area contributed by atoms with Crippen LogP contribution in [0.2, 0.25) is 0 Å². The zero-order chi connectivity index (χ0) is 31.4. The van der Waals surface area contributed by atoms with Gasteiger partial charge in [-0.25, -0.2) is 19.3 Å². The molecule has 236 valence electrons. The van der Waals surface area contributed by atoms with Gasteiger partial charge in [-0.3, -0.25) is 9.78 Å². The molecule has 0 bridgehead atoms. The summed E-state index contributed by atoms with van der Waals surface area (Å²) in [4.78, 5) is 31.1. The number of halogens is 1. The topological polar surface area (TPSA) is 123 Å². The summed E-state index contributed by atoms with van der Waals surface area (Å²) in [7, 11) is 0. The molecule has 0 saturated carbocycles. The Balaban J connectivity index is 1.17. The van der Waals surface area contributed by atoms with Gasteiger partial charge in [0.1, 0.15) is 5.82 Å². The number of hydrogen-bond donors (Lipinski definition) is 3. The molecule has 0 radical (unpaired) electrons. The number of nitrogens with one attached hydrogen (secondary N) is 3. The number of nitrogens with zero attached hydrogens (tertiary/aromatic N) is 4. The molecule has 2 saturated heterocycles. The highest BCUT2D eigenvalue weighted by atomic mass is 32.2. The van der Waals surface area contributed by atoms with Crippen LogP contribution < -0.4 is 16.0 Å². The SMILES string of the molecule is Cc1ccnc(Nc2ncc(Sc3ccnc(C(=O)NCC4(c5cccnc5)CCNCC4C[C@H]4COC(C)(C)O4)c3F)s2)c1. The molecule has 2 unspecified atom stereocenters. The first-order valence-corrected chi connectivity index (χ1v) is 16.5. The molecule has 0 spiro atoms. The highest BCUT2D eigenvalue weighted by Crippen LogP contribution is 2.42. The van der Waals surface area contributed by atoms with Crippen molar-refractivity contribution in [2.24, 2.45) is 5.92 Å². The second kappa shape index (κ2) is 13.5. The standard InChI is InChI=1S/C32H36FN7O3S2/c1-20-6-10-36-25(13-20)40-30-38-17-26(45-30)44-24-7-11-37-28(27(24)33)29(41)39-19-32(21-5-4-9-34-15-21)8-12-35-16-22(32)14-23-18-42-31(2,3)43-23/h4-7,9-11,13,15,17,22-23,35H,8,12,14,16,18-19H2,1-3H3,(H,39,41)(H,36,38,40)/t22?,23-,32?/m0/s1. The molecule has 2 fully saturated rings. The minimum absolute atomic E-state index is 0.0694. The van der Waals surface area contributed by atoms with Gasteiger partial charge in [-0.15, -0.1) is 0 Å². The monoisotopic (exact) mass is 649 g/mol. The molecule has 0 aliphatic carbocycles. The van der Waals surface area contributed by atoms with Crippen molar-refractivity contribution in [1.29, 1.82) is 0 Å². The maximum Gasteiger partial charge on any atom is 0.273 e. The first-order valence-electron chi connectivity index (χ1n) is 14.9. The third-order valence-electron chi connectivity index (χ3n) is 8.25. The van der Waals surface area contributed by atoms with E-state index in [1.54, 1.807) is 24.7 Å². The van der Waals surface area contributed by atoms with Crippen molar-refractivity contribution in [3.8, 4) is 0 Å². The van der Waals surface area contributed by atoms with Crippen molar-refractivity contribution < 1.29 is 18.7 Å². The molecule has 0 aromatic carbocycles. The fraction of sp³-hybridized carbons (Fsp3) is 0.406.